The van der Waals surface area contributed by atoms with Gasteiger partial charge in [0.15, 0.2) is 5.16 Å². The molecule has 1 aromatic heterocycles. The Hall–Kier alpha value is -2.33. The van der Waals surface area contributed by atoms with Gasteiger partial charge in [0.1, 0.15) is 5.75 Å². The van der Waals surface area contributed by atoms with Crippen LogP contribution in [0.25, 0.3) is 11.0 Å². The van der Waals surface area contributed by atoms with Crippen LogP contribution in [0.5, 0.6) is 5.75 Å². The predicted molar refractivity (Wildman–Crippen MR) is 140 cm³/mol. The van der Waals surface area contributed by atoms with Gasteiger partial charge in [-0.25, -0.2) is 10.4 Å². The lowest BCUT2D eigenvalue weighted by molar-refractivity contribution is -0.118. The van der Waals surface area contributed by atoms with E-state index in [9.17, 15) is 9.90 Å². The Morgan fingerprint density at radius 3 is 2.76 bits per heavy atom. The number of benzene rings is 3. The number of hydrogen-bond acceptors (Lipinski definition) is 5. The zero-order valence-corrected chi connectivity index (χ0v) is 21.7. The second-order valence-corrected chi connectivity index (χ2v) is 10.1. The van der Waals surface area contributed by atoms with Crippen molar-refractivity contribution in [2.45, 2.75) is 11.7 Å². The summed E-state index contributed by atoms with van der Waals surface area (Å²) in [5, 5.41) is 15.4. The summed E-state index contributed by atoms with van der Waals surface area (Å²) in [6.07, 6.45) is 1.39. The van der Waals surface area contributed by atoms with Gasteiger partial charge in [-0.15, -0.1) is 0 Å². The number of para-hydroxylation sites is 2. The molecule has 6 nitrogen and oxygen atoms in total. The van der Waals surface area contributed by atoms with E-state index < -0.39 is 0 Å². The zero-order chi connectivity index (χ0) is 23.4. The molecule has 0 aliphatic heterocycles. The van der Waals surface area contributed by atoms with E-state index in [2.05, 4.69) is 47.0 Å². The molecule has 2 N–H and O–H groups in total. The number of carbonyl (C=O) groups excluding carboxylic acids is 1. The molecular weight excluding hydrogens is 592 g/mol. The molecule has 0 saturated heterocycles. The molecule has 1 heterocycles. The van der Waals surface area contributed by atoms with Gasteiger partial charge in [0.05, 0.1) is 34.0 Å². The number of thioether (sulfide) groups is 1. The molecule has 0 atom stereocenters. The average Bonchev–Trinajstić information content (AvgIpc) is 3.14. The van der Waals surface area contributed by atoms with Crippen LogP contribution in [0.1, 0.15) is 11.1 Å². The van der Waals surface area contributed by atoms with E-state index in [1.807, 2.05) is 48.5 Å². The van der Waals surface area contributed by atoms with Crippen LogP contribution in [-0.2, 0) is 11.3 Å². The zero-order valence-electron chi connectivity index (χ0n) is 17.0. The van der Waals surface area contributed by atoms with Crippen molar-refractivity contribution in [3.05, 3.63) is 85.8 Å². The number of nitrogens with zero attached hydrogens (tertiary/aromatic N) is 3. The normalized spacial score (nSPS) is 11.4. The van der Waals surface area contributed by atoms with Crippen molar-refractivity contribution in [1.29, 1.82) is 0 Å². The summed E-state index contributed by atoms with van der Waals surface area (Å²) in [6.45, 7) is 0.541. The number of hydrazone groups is 1. The monoisotopic (exact) mass is 606 g/mol. The maximum Gasteiger partial charge on any atom is 0.250 e. The second kappa shape index (κ2) is 10.7. The van der Waals surface area contributed by atoms with Crippen LogP contribution in [0.4, 0.5) is 0 Å². The first kappa shape index (κ1) is 23.8. The largest absolute Gasteiger partial charge is 0.506 e. The molecule has 0 aliphatic rings. The van der Waals surface area contributed by atoms with Crippen LogP contribution in [0.15, 0.2) is 79.9 Å². The van der Waals surface area contributed by atoms with E-state index in [-0.39, 0.29) is 17.4 Å². The molecule has 10 heteroatoms. The first-order valence-corrected chi connectivity index (χ1v) is 12.7. The maximum atomic E-state index is 12.4. The number of carbonyl (C=O) groups is 1. The van der Waals surface area contributed by atoms with Crippen LogP contribution in [0.2, 0.25) is 5.02 Å². The quantitative estimate of drug-likeness (QED) is 0.149. The number of aromatic nitrogens is 2. The fraction of sp³-hybridized carbons (Fsp3) is 0.0870. The summed E-state index contributed by atoms with van der Waals surface area (Å²) in [5.41, 5.74) is 5.74. The molecule has 3 aromatic carbocycles. The number of hydrogen-bond donors (Lipinski definition) is 2. The van der Waals surface area contributed by atoms with Crippen LogP contribution in [-0.4, -0.2) is 32.5 Å². The number of phenols is 1. The maximum absolute atomic E-state index is 12.4. The van der Waals surface area contributed by atoms with E-state index in [0.29, 0.717) is 26.8 Å². The van der Waals surface area contributed by atoms with Crippen LogP contribution >= 0.6 is 55.2 Å². The minimum atomic E-state index is -0.291. The molecule has 0 spiro atoms. The van der Waals surface area contributed by atoms with Crippen molar-refractivity contribution in [3.8, 4) is 5.75 Å². The summed E-state index contributed by atoms with van der Waals surface area (Å²) in [7, 11) is 0. The summed E-state index contributed by atoms with van der Waals surface area (Å²) in [4.78, 5) is 17.1. The van der Waals surface area contributed by atoms with Crippen LogP contribution in [0, 0.1) is 0 Å². The van der Waals surface area contributed by atoms with Gasteiger partial charge in [0.2, 0.25) is 0 Å². The van der Waals surface area contributed by atoms with Gasteiger partial charge >= 0.3 is 0 Å². The minimum absolute atomic E-state index is 0.0406. The lowest BCUT2D eigenvalue weighted by Gasteiger charge is -2.10. The molecule has 0 saturated carbocycles. The first-order valence-electron chi connectivity index (χ1n) is 9.74. The highest BCUT2D eigenvalue weighted by Crippen LogP contribution is 2.30. The number of nitrogens with one attached hydrogen (secondary N) is 1. The molecule has 0 radical (unpaired) electrons. The first-order chi connectivity index (χ1) is 15.9. The van der Waals surface area contributed by atoms with E-state index in [1.165, 1.54) is 18.0 Å². The van der Waals surface area contributed by atoms with E-state index in [4.69, 9.17) is 16.6 Å². The van der Waals surface area contributed by atoms with Gasteiger partial charge < -0.3 is 9.67 Å². The van der Waals surface area contributed by atoms with E-state index in [0.717, 1.165) is 21.1 Å². The number of phenolic OH excluding ortho intramolecular Hbond substituents is 1. The van der Waals surface area contributed by atoms with Crippen molar-refractivity contribution < 1.29 is 9.90 Å². The molecule has 0 aliphatic carbocycles. The Morgan fingerprint density at radius 2 is 1.94 bits per heavy atom. The van der Waals surface area contributed by atoms with Crippen molar-refractivity contribution in [2.24, 2.45) is 5.10 Å². The molecule has 0 unspecified atom stereocenters. The lowest BCUT2D eigenvalue weighted by atomic mass is 10.2. The Labute approximate surface area is 216 Å². The Balaban J connectivity index is 1.47. The standard InChI is InChI=1S/C23H17Br2ClN4O2S/c24-16-9-15(22(32)17(25)10-16)11-27-29-21(31)13-33-23-28-19-7-3-4-8-20(19)30(23)12-14-5-1-2-6-18(14)26/h1-11,32H,12-13H2,(H,29,31). The highest BCUT2D eigenvalue weighted by atomic mass is 79.9. The average molecular weight is 609 g/mol. The molecule has 33 heavy (non-hydrogen) atoms. The fourth-order valence-corrected chi connectivity index (χ4v) is 5.39. The highest BCUT2D eigenvalue weighted by Gasteiger charge is 2.14. The van der Waals surface area contributed by atoms with Gasteiger partial charge in [0.25, 0.3) is 5.91 Å². The van der Waals surface area contributed by atoms with Crippen molar-refractivity contribution in [3.63, 3.8) is 0 Å². The molecule has 1 amide bonds. The molecule has 0 bridgehead atoms. The van der Waals surface area contributed by atoms with Crippen molar-refractivity contribution in [2.75, 3.05) is 5.75 Å². The number of rotatable bonds is 7. The minimum Gasteiger partial charge on any atom is -0.506 e. The molecule has 4 rings (SSSR count). The third-order valence-electron chi connectivity index (χ3n) is 4.69. The van der Waals surface area contributed by atoms with Crippen molar-refractivity contribution in [1.82, 2.24) is 15.0 Å². The number of aromatic hydroxyl groups is 1. The topological polar surface area (TPSA) is 79.5 Å². The van der Waals surface area contributed by atoms with Crippen molar-refractivity contribution >= 4 is 78.4 Å². The third-order valence-corrected chi connectivity index (χ3v) is 7.10. The number of amides is 1. The van der Waals surface area contributed by atoms with E-state index in [1.54, 1.807) is 12.1 Å². The smallest absolute Gasteiger partial charge is 0.250 e. The summed E-state index contributed by atoms with van der Waals surface area (Å²) in [5.74, 6) is -0.128. The lowest BCUT2D eigenvalue weighted by Crippen LogP contribution is -2.20. The van der Waals surface area contributed by atoms with E-state index >= 15 is 0 Å². The van der Waals surface area contributed by atoms with Gasteiger partial charge in [0, 0.05) is 15.1 Å². The van der Waals surface area contributed by atoms with Gasteiger partial charge in [-0.1, -0.05) is 69.6 Å². The summed E-state index contributed by atoms with van der Waals surface area (Å²) >= 11 is 14.3. The third kappa shape index (κ3) is 5.78. The fourth-order valence-electron chi connectivity index (χ4n) is 3.13. The predicted octanol–water partition coefficient (Wildman–Crippen LogP) is 6.21. The number of imidazole rings is 1. The highest BCUT2D eigenvalue weighted by molar-refractivity contribution is 9.11. The molecule has 4 aromatic rings. The van der Waals surface area contributed by atoms with Gasteiger partial charge in [-0.2, -0.15) is 5.10 Å². The second-order valence-electron chi connectivity index (χ2n) is 6.97. The van der Waals surface area contributed by atoms with Gasteiger partial charge in [-0.05, 0) is 51.8 Å². The van der Waals surface area contributed by atoms with Crippen LogP contribution in [0.3, 0.4) is 0 Å². The Kier molecular flexibility index (Phi) is 7.75. The molecule has 0 fully saturated rings. The van der Waals surface area contributed by atoms with Gasteiger partial charge in [-0.3, -0.25) is 4.79 Å². The Bertz CT molecular complexity index is 1360. The number of fused-ring (bicyclic) bond motifs is 1. The number of halogens is 3. The molecular formula is C23H17Br2ClN4O2S. The SMILES string of the molecule is O=C(CSc1nc2ccccc2n1Cc1ccccc1Cl)NN=Cc1cc(Br)cc(Br)c1O. The Morgan fingerprint density at radius 1 is 1.18 bits per heavy atom. The molecule has 168 valence electrons. The van der Waals surface area contributed by atoms with Crippen LogP contribution < -0.4 is 5.43 Å². The summed E-state index contributed by atoms with van der Waals surface area (Å²) in [6, 6.07) is 18.9. The summed E-state index contributed by atoms with van der Waals surface area (Å²) < 4.78 is 3.35.